The van der Waals surface area contributed by atoms with Gasteiger partial charge in [0.05, 0.1) is 18.6 Å². The number of benzene rings is 1. The van der Waals surface area contributed by atoms with Crippen LogP contribution in [-0.4, -0.2) is 36.1 Å². The quantitative estimate of drug-likeness (QED) is 0.527. The fraction of sp³-hybridized carbons (Fsp3) is 0.294. The van der Waals surface area contributed by atoms with Gasteiger partial charge in [0.15, 0.2) is 10.8 Å². The average molecular weight is 342 g/mol. The molecule has 0 spiro atoms. The SMILES string of the molecule is CC(C)N=C(N=CN)c1nc2c(s1)CCOc1cc(C=O)ccc1-2. The Morgan fingerprint density at radius 3 is 3.00 bits per heavy atom. The predicted molar refractivity (Wildman–Crippen MR) is 96.5 cm³/mol. The Morgan fingerprint density at radius 2 is 2.29 bits per heavy atom. The van der Waals surface area contributed by atoms with Crippen molar-refractivity contribution >= 4 is 29.8 Å². The number of thiazole rings is 1. The van der Waals surface area contributed by atoms with Crippen LogP contribution < -0.4 is 10.5 Å². The molecule has 124 valence electrons. The molecule has 2 N–H and O–H groups in total. The molecule has 1 aromatic heterocycles. The van der Waals surface area contributed by atoms with Gasteiger partial charge in [-0.25, -0.2) is 9.98 Å². The first-order valence-corrected chi connectivity index (χ1v) is 8.48. The number of nitrogens with two attached hydrogens (primary N) is 1. The van der Waals surface area contributed by atoms with Crippen LogP contribution in [0.25, 0.3) is 11.3 Å². The van der Waals surface area contributed by atoms with E-state index in [4.69, 9.17) is 15.5 Å². The Balaban J connectivity index is 2.10. The number of aliphatic imine (C=N–C) groups is 2. The summed E-state index contributed by atoms with van der Waals surface area (Å²) < 4.78 is 5.77. The number of fused-ring (bicyclic) bond motifs is 3. The van der Waals surface area contributed by atoms with Gasteiger partial charge in [-0.3, -0.25) is 9.79 Å². The van der Waals surface area contributed by atoms with Crippen LogP contribution in [0.15, 0.2) is 28.2 Å². The lowest BCUT2D eigenvalue weighted by Gasteiger charge is -2.07. The van der Waals surface area contributed by atoms with Crippen molar-refractivity contribution in [3.63, 3.8) is 0 Å². The Kier molecular flexibility index (Phi) is 4.71. The van der Waals surface area contributed by atoms with E-state index in [9.17, 15) is 4.79 Å². The van der Waals surface area contributed by atoms with Crippen LogP contribution >= 0.6 is 11.3 Å². The Labute approximate surface area is 144 Å². The van der Waals surface area contributed by atoms with Crippen molar-refractivity contribution in [2.75, 3.05) is 6.61 Å². The molecule has 2 aromatic rings. The van der Waals surface area contributed by atoms with Crippen LogP contribution in [-0.2, 0) is 6.42 Å². The third-order valence-corrected chi connectivity index (χ3v) is 4.56. The molecule has 0 radical (unpaired) electrons. The van der Waals surface area contributed by atoms with E-state index in [1.807, 2.05) is 19.9 Å². The van der Waals surface area contributed by atoms with Crippen molar-refractivity contribution in [2.24, 2.45) is 15.7 Å². The predicted octanol–water partition coefficient (Wildman–Crippen LogP) is 2.70. The Morgan fingerprint density at radius 1 is 1.46 bits per heavy atom. The number of amidine groups is 1. The highest BCUT2D eigenvalue weighted by Crippen LogP contribution is 2.38. The average Bonchev–Trinajstić information content (AvgIpc) is 2.90. The van der Waals surface area contributed by atoms with E-state index >= 15 is 0 Å². The van der Waals surface area contributed by atoms with Gasteiger partial charge in [0, 0.05) is 28.5 Å². The molecule has 0 unspecified atom stereocenters. The van der Waals surface area contributed by atoms with E-state index in [-0.39, 0.29) is 6.04 Å². The van der Waals surface area contributed by atoms with Gasteiger partial charge in [0.2, 0.25) is 0 Å². The number of ether oxygens (including phenoxy) is 1. The zero-order valence-corrected chi connectivity index (χ0v) is 14.3. The zero-order chi connectivity index (χ0) is 17.1. The van der Waals surface area contributed by atoms with Crippen molar-refractivity contribution in [1.29, 1.82) is 0 Å². The Bertz CT molecular complexity index is 824. The summed E-state index contributed by atoms with van der Waals surface area (Å²) >= 11 is 1.55. The van der Waals surface area contributed by atoms with Crippen LogP contribution in [0.1, 0.15) is 34.1 Å². The van der Waals surface area contributed by atoms with Crippen molar-refractivity contribution in [3.8, 4) is 17.0 Å². The second kappa shape index (κ2) is 6.92. The summed E-state index contributed by atoms with van der Waals surface area (Å²) in [6.07, 6.45) is 2.80. The van der Waals surface area contributed by atoms with Crippen LogP contribution in [0.5, 0.6) is 5.75 Å². The van der Waals surface area contributed by atoms with Gasteiger partial charge in [0.1, 0.15) is 12.0 Å². The summed E-state index contributed by atoms with van der Waals surface area (Å²) in [6.45, 7) is 4.50. The van der Waals surface area contributed by atoms with Crippen molar-refractivity contribution in [3.05, 3.63) is 33.6 Å². The molecule has 0 aliphatic carbocycles. The number of carbonyl (C=O) groups excluding carboxylic acids is 1. The summed E-state index contributed by atoms with van der Waals surface area (Å²) in [5.41, 5.74) is 7.78. The lowest BCUT2D eigenvalue weighted by molar-refractivity contribution is 0.112. The minimum absolute atomic E-state index is 0.0955. The van der Waals surface area contributed by atoms with Crippen LogP contribution in [0.2, 0.25) is 0 Å². The lowest BCUT2D eigenvalue weighted by Crippen LogP contribution is -2.05. The molecule has 6 nitrogen and oxygen atoms in total. The molecule has 7 heteroatoms. The fourth-order valence-electron chi connectivity index (χ4n) is 2.47. The number of carbonyl (C=O) groups is 1. The molecule has 24 heavy (non-hydrogen) atoms. The first-order valence-electron chi connectivity index (χ1n) is 7.67. The van der Waals surface area contributed by atoms with Gasteiger partial charge < -0.3 is 10.5 Å². The standard InChI is InChI=1S/C17H18N4O2S/c1-10(2)20-16(19-9-18)17-21-15-12-4-3-11(8-22)7-13(12)23-6-5-14(15)24-17/h3-4,7-10H,5-6H2,1-2H3,(H2,18,19,20). The van der Waals surface area contributed by atoms with Crippen molar-refractivity contribution < 1.29 is 9.53 Å². The lowest BCUT2D eigenvalue weighted by atomic mass is 10.1. The summed E-state index contributed by atoms with van der Waals surface area (Å²) in [4.78, 5) is 25.5. The number of rotatable bonds is 3. The Hall–Kier alpha value is -2.54. The van der Waals surface area contributed by atoms with E-state index in [1.165, 1.54) is 6.34 Å². The zero-order valence-electron chi connectivity index (χ0n) is 13.5. The van der Waals surface area contributed by atoms with Gasteiger partial charge in [0.25, 0.3) is 0 Å². The third kappa shape index (κ3) is 3.21. The third-order valence-electron chi connectivity index (χ3n) is 3.45. The van der Waals surface area contributed by atoms with Crippen LogP contribution in [0.3, 0.4) is 0 Å². The monoisotopic (exact) mass is 342 g/mol. The molecule has 3 rings (SSSR count). The highest BCUT2D eigenvalue weighted by Gasteiger charge is 2.22. The van der Waals surface area contributed by atoms with E-state index in [2.05, 4.69) is 9.98 Å². The van der Waals surface area contributed by atoms with Crippen molar-refractivity contribution in [2.45, 2.75) is 26.3 Å². The number of aromatic nitrogens is 1. The second-order valence-electron chi connectivity index (χ2n) is 5.59. The summed E-state index contributed by atoms with van der Waals surface area (Å²) in [5, 5.41) is 0.739. The van der Waals surface area contributed by atoms with Crippen molar-refractivity contribution in [1.82, 2.24) is 4.98 Å². The summed E-state index contributed by atoms with van der Waals surface area (Å²) in [7, 11) is 0. The molecule has 0 saturated carbocycles. The molecule has 1 aromatic carbocycles. The van der Waals surface area contributed by atoms with E-state index in [0.29, 0.717) is 23.8 Å². The molecular weight excluding hydrogens is 324 g/mol. The summed E-state index contributed by atoms with van der Waals surface area (Å²) in [6, 6.07) is 5.48. The van der Waals surface area contributed by atoms with Crippen LogP contribution in [0.4, 0.5) is 0 Å². The maximum Gasteiger partial charge on any atom is 0.185 e. The van der Waals surface area contributed by atoms with Gasteiger partial charge in [-0.2, -0.15) is 0 Å². The van der Waals surface area contributed by atoms with E-state index in [0.717, 1.165) is 33.8 Å². The van der Waals surface area contributed by atoms with Gasteiger partial charge >= 0.3 is 0 Å². The van der Waals surface area contributed by atoms with E-state index < -0.39 is 0 Å². The molecule has 0 fully saturated rings. The minimum Gasteiger partial charge on any atom is -0.492 e. The number of hydrogen-bond donors (Lipinski definition) is 1. The van der Waals surface area contributed by atoms with Crippen LogP contribution in [0, 0.1) is 0 Å². The molecule has 1 aliphatic rings. The number of hydrogen-bond acceptors (Lipinski definition) is 5. The molecule has 0 saturated heterocycles. The molecule has 0 amide bonds. The summed E-state index contributed by atoms with van der Waals surface area (Å²) in [5.74, 6) is 1.22. The normalized spacial score (nSPS) is 14.2. The topological polar surface area (TPSA) is 89.9 Å². The second-order valence-corrected chi connectivity index (χ2v) is 6.67. The maximum absolute atomic E-state index is 11.0. The first-order chi connectivity index (χ1) is 11.6. The smallest absolute Gasteiger partial charge is 0.185 e. The largest absolute Gasteiger partial charge is 0.492 e. The number of nitrogens with zero attached hydrogens (tertiary/aromatic N) is 3. The molecular formula is C17H18N4O2S. The molecule has 2 heterocycles. The van der Waals surface area contributed by atoms with Gasteiger partial charge in [-0.05, 0) is 26.0 Å². The van der Waals surface area contributed by atoms with Gasteiger partial charge in [-0.15, -0.1) is 11.3 Å². The maximum atomic E-state index is 11.0. The van der Waals surface area contributed by atoms with Gasteiger partial charge in [-0.1, -0.05) is 6.07 Å². The highest BCUT2D eigenvalue weighted by molar-refractivity contribution is 7.14. The number of aldehydes is 1. The fourth-order valence-corrected chi connectivity index (χ4v) is 3.47. The highest BCUT2D eigenvalue weighted by atomic mass is 32.1. The molecule has 0 bridgehead atoms. The molecule has 1 aliphatic heterocycles. The molecule has 0 atom stereocenters. The van der Waals surface area contributed by atoms with E-state index in [1.54, 1.807) is 23.5 Å². The minimum atomic E-state index is 0.0955. The first kappa shape index (κ1) is 16.3.